The third-order valence-electron chi connectivity index (χ3n) is 5.05. The lowest BCUT2D eigenvalue weighted by Gasteiger charge is -2.25. The lowest BCUT2D eigenvalue weighted by molar-refractivity contribution is -0.141. The summed E-state index contributed by atoms with van der Waals surface area (Å²) in [5.41, 5.74) is -3.38. The SMILES string of the molecule is COC(=O)CCC(CNC(=O)C(C)(C)F)NC(=O)CC(Cc1cc(F)c(F)cc1F)NC(=O)OC(C)(C)C. The first kappa shape index (κ1) is 32.6. The summed E-state index contributed by atoms with van der Waals surface area (Å²) in [6.45, 7) is 6.67. The Labute approximate surface area is 219 Å². The zero-order valence-corrected chi connectivity index (χ0v) is 22.3. The summed E-state index contributed by atoms with van der Waals surface area (Å²) < 4.78 is 64.9. The molecule has 2 atom stereocenters. The molecule has 0 saturated heterocycles. The summed E-state index contributed by atoms with van der Waals surface area (Å²) in [5, 5.41) is 7.33. The van der Waals surface area contributed by atoms with Crippen LogP contribution in [0.1, 0.15) is 59.4 Å². The van der Waals surface area contributed by atoms with E-state index in [0.29, 0.717) is 12.1 Å². The monoisotopic (exact) mass is 549 g/mol. The van der Waals surface area contributed by atoms with Gasteiger partial charge in [-0.05, 0) is 59.1 Å². The third kappa shape index (κ3) is 12.2. The van der Waals surface area contributed by atoms with E-state index in [9.17, 15) is 36.7 Å². The number of rotatable bonds is 12. The standard InChI is InChI=1S/C25H35F4N3O6/c1-24(2,3)38-23(36)32-16(9-14-10-18(27)19(28)12-17(14)26)11-20(33)31-15(7-8-21(34)37-6)13-30-22(35)25(4,5)29/h10,12,15-16H,7-9,11,13H2,1-6H3,(H,30,35)(H,31,33)(H,32,36). The first-order valence-electron chi connectivity index (χ1n) is 11.9. The van der Waals surface area contributed by atoms with E-state index in [1.54, 1.807) is 20.8 Å². The number of methoxy groups -OCH3 is 1. The van der Waals surface area contributed by atoms with Gasteiger partial charge in [0.05, 0.1) is 7.11 Å². The molecule has 1 aromatic carbocycles. The average molecular weight is 550 g/mol. The Morgan fingerprint density at radius 3 is 2.08 bits per heavy atom. The number of amides is 3. The minimum Gasteiger partial charge on any atom is -0.469 e. The molecule has 0 saturated carbocycles. The molecule has 1 rings (SSSR count). The number of esters is 1. The molecule has 1 aromatic rings. The number of alkyl carbamates (subject to hydrolysis) is 1. The van der Waals surface area contributed by atoms with Crippen molar-refractivity contribution in [1.82, 2.24) is 16.0 Å². The van der Waals surface area contributed by atoms with Gasteiger partial charge in [0.2, 0.25) is 5.91 Å². The summed E-state index contributed by atoms with van der Waals surface area (Å²) in [4.78, 5) is 48.6. The number of benzene rings is 1. The van der Waals surface area contributed by atoms with Crippen molar-refractivity contribution in [2.24, 2.45) is 0 Å². The van der Waals surface area contributed by atoms with Gasteiger partial charge in [0, 0.05) is 37.5 Å². The summed E-state index contributed by atoms with van der Waals surface area (Å²) in [5.74, 6) is -6.00. The van der Waals surface area contributed by atoms with E-state index >= 15 is 0 Å². The predicted octanol–water partition coefficient (Wildman–Crippen LogP) is 3.23. The summed E-state index contributed by atoms with van der Waals surface area (Å²) in [6.07, 6.45) is -1.90. The van der Waals surface area contributed by atoms with Crippen LogP contribution in [0.4, 0.5) is 22.4 Å². The van der Waals surface area contributed by atoms with Crippen molar-refractivity contribution in [1.29, 1.82) is 0 Å². The first-order chi connectivity index (χ1) is 17.4. The van der Waals surface area contributed by atoms with Gasteiger partial charge in [0.1, 0.15) is 11.4 Å². The lowest BCUT2D eigenvalue weighted by atomic mass is 10.0. The maximum Gasteiger partial charge on any atom is 0.407 e. The largest absolute Gasteiger partial charge is 0.469 e. The van der Waals surface area contributed by atoms with Gasteiger partial charge in [0.25, 0.3) is 5.91 Å². The minimum atomic E-state index is -2.19. The van der Waals surface area contributed by atoms with E-state index in [1.165, 1.54) is 7.11 Å². The second-order valence-electron chi connectivity index (χ2n) is 10.2. The van der Waals surface area contributed by atoms with E-state index in [1.807, 2.05) is 0 Å². The van der Waals surface area contributed by atoms with Gasteiger partial charge >= 0.3 is 12.1 Å². The molecule has 0 heterocycles. The van der Waals surface area contributed by atoms with Crippen LogP contribution in [0.15, 0.2) is 12.1 Å². The zero-order valence-electron chi connectivity index (χ0n) is 22.3. The minimum absolute atomic E-state index is 0.0212. The Hall–Kier alpha value is -3.38. The maximum absolute atomic E-state index is 14.3. The Kier molecular flexibility index (Phi) is 12.0. The molecule has 0 radical (unpaired) electrons. The summed E-state index contributed by atoms with van der Waals surface area (Å²) >= 11 is 0. The van der Waals surface area contributed by atoms with Crippen molar-refractivity contribution in [3.8, 4) is 0 Å². The Morgan fingerprint density at radius 2 is 1.53 bits per heavy atom. The van der Waals surface area contributed by atoms with E-state index in [-0.39, 0.29) is 24.9 Å². The van der Waals surface area contributed by atoms with Crippen molar-refractivity contribution in [2.45, 2.75) is 83.7 Å². The molecule has 3 amide bonds. The second kappa shape index (κ2) is 14.0. The summed E-state index contributed by atoms with van der Waals surface area (Å²) in [6, 6.07) is -0.979. The van der Waals surface area contributed by atoms with Crippen LogP contribution in [0, 0.1) is 17.5 Å². The fourth-order valence-corrected chi connectivity index (χ4v) is 3.19. The van der Waals surface area contributed by atoms with Gasteiger partial charge in [-0.2, -0.15) is 0 Å². The number of ether oxygens (including phenoxy) is 2. The number of carbonyl (C=O) groups is 4. The maximum atomic E-state index is 14.3. The number of hydrogen-bond donors (Lipinski definition) is 3. The normalized spacial score (nSPS) is 13.2. The fourth-order valence-electron chi connectivity index (χ4n) is 3.19. The van der Waals surface area contributed by atoms with Crippen LogP contribution in [-0.2, 0) is 30.3 Å². The molecule has 3 N–H and O–H groups in total. The van der Waals surface area contributed by atoms with Gasteiger partial charge in [-0.25, -0.2) is 22.4 Å². The molecular weight excluding hydrogens is 514 g/mol. The predicted molar refractivity (Wildman–Crippen MR) is 129 cm³/mol. The van der Waals surface area contributed by atoms with Crippen LogP contribution in [0.5, 0.6) is 0 Å². The van der Waals surface area contributed by atoms with Gasteiger partial charge in [0.15, 0.2) is 17.3 Å². The van der Waals surface area contributed by atoms with Gasteiger partial charge < -0.3 is 25.4 Å². The highest BCUT2D eigenvalue weighted by Crippen LogP contribution is 2.17. The Bertz CT molecular complexity index is 1010. The van der Waals surface area contributed by atoms with Crippen molar-refractivity contribution in [3.63, 3.8) is 0 Å². The highest BCUT2D eigenvalue weighted by Gasteiger charge is 2.28. The first-order valence-corrected chi connectivity index (χ1v) is 11.9. The third-order valence-corrected chi connectivity index (χ3v) is 5.05. The number of nitrogens with one attached hydrogen (secondary N) is 3. The molecule has 0 aliphatic carbocycles. The quantitative estimate of drug-likeness (QED) is 0.209. The van der Waals surface area contributed by atoms with Gasteiger partial charge in [-0.3, -0.25) is 14.4 Å². The molecule has 0 spiro atoms. The molecule has 0 aliphatic heterocycles. The van der Waals surface area contributed by atoms with E-state index in [0.717, 1.165) is 13.8 Å². The molecule has 38 heavy (non-hydrogen) atoms. The van der Waals surface area contributed by atoms with Gasteiger partial charge in [-0.15, -0.1) is 0 Å². The second-order valence-corrected chi connectivity index (χ2v) is 10.2. The number of hydrogen-bond acceptors (Lipinski definition) is 6. The van der Waals surface area contributed by atoms with Crippen LogP contribution in [0.2, 0.25) is 0 Å². The molecule has 0 bridgehead atoms. The number of alkyl halides is 1. The Morgan fingerprint density at radius 1 is 0.921 bits per heavy atom. The van der Waals surface area contributed by atoms with Crippen LogP contribution >= 0.6 is 0 Å². The molecule has 13 heteroatoms. The van der Waals surface area contributed by atoms with Crippen molar-refractivity contribution in [2.75, 3.05) is 13.7 Å². The highest BCUT2D eigenvalue weighted by atomic mass is 19.2. The molecule has 0 aromatic heterocycles. The number of halogens is 4. The van der Waals surface area contributed by atoms with Crippen molar-refractivity contribution < 1.29 is 46.2 Å². The smallest absolute Gasteiger partial charge is 0.407 e. The molecule has 0 aliphatic rings. The molecule has 9 nitrogen and oxygen atoms in total. The van der Waals surface area contributed by atoms with Crippen LogP contribution in [0.25, 0.3) is 0 Å². The van der Waals surface area contributed by atoms with E-state index < -0.39 is 77.5 Å². The highest BCUT2D eigenvalue weighted by molar-refractivity contribution is 5.84. The van der Waals surface area contributed by atoms with Crippen molar-refractivity contribution in [3.05, 3.63) is 35.1 Å². The fraction of sp³-hybridized carbons (Fsp3) is 0.600. The molecular formula is C25H35F4N3O6. The summed E-state index contributed by atoms with van der Waals surface area (Å²) in [7, 11) is 1.17. The van der Waals surface area contributed by atoms with Crippen LogP contribution in [-0.4, -0.2) is 60.9 Å². The van der Waals surface area contributed by atoms with E-state index in [4.69, 9.17) is 4.74 Å². The lowest BCUT2D eigenvalue weighted by Crippen LogP contribution is -2.49. The average Bonchev–Trinajstić information content (AvgIpc) is 2.76. The molecule has 214 valence electrons. The van der Waals surface area contributed by atoms with Crippen LogP contribution in [0.3, 0.4) is 0 Å². The molecule has 0 fully saturated rings. The number of carbonyl (C=O) groups excluding carboxylic acids is 4. The van der Waals surface area contributed by atoms with Crippen molar-refractivity contribution >= 4 is 23.9 Å². The van der Waals surface area contributed by atoms with Crippen LogP contribution < -0.4 is 16.0 Å². The van der Waals surface area contributed by atoms with E-state index in [2.05, 4.69) is 20.7 Å². The van der Waals surface area contributed by atoms with Gasteiger partial charge in [-0.1, -0.05) is 0 Å². The zero-order chi connectivity index (χ0) is 29.3. The molecule has 2 unspecified atom stereocenters. The topological polar surface area (TPSA) is 123 Å². The Balaban J connectivity index is 3.05.